The van der Waals surface area contributed by atoms with Crippen molar-refractivity contribution in [3.8, 4) is 0 Å². The van der Waals surface area contributed by atoms with Crippen LogP contribution < -0.4 is 0 Å². The fourth-order valence-electron chi connectivity index (χ4n) is 5.82. The van der Waals surface area contributed by atoms with Gasteiger partial charge in [0.2, 0.25) is 0 Å². The summed E-state index contributed by atoms with van der Waals surface area (Å²) in [6.07, 6.45) is 8.85. The van der Waals surface area contributed by atoms with E-state index in [4.69, 9.17) is 16.3 Å². The minimum Gasteiger partial charge on any atom is -0.450 e. The summed E-state index contributed by atoms with van der Waals surface area (Å²) < 4.78 is 5.15. The highest BCUT2D eigenvalue weighted by Gasteiger charge is 2.55. The Hall–Kier alpha value is -1.46. The number of allylic oxidation sites excluding steroid dienone is 4. The van der Waals surface area contributed by atoms with Crippen molar-refractivity contribution >= 4 is 17.7 Å². The number of amides is 1. The van der Waals surface area contributed by atoms with Gasteiger partial charge in [-0.15, -0.1) is 0 Å². The highest BCUT2D eigenvalue weighted by Crippen LogP contribution is 2.64. The van der Waals surface area contributed by atoms with Crippen LogP contribution in [-0.4, -0.2) is 65.7 Å². The minimum atomic E-state index is -0.157. The standard InChI is InChI=1S/C24H36ClN3O2/c1-5-30-23(29)27-14-6-20(7-15-27)26-12-8-21(9-13-26)28-18(3)22(16-17(2)25)24(10-11-24)19(28)4/h16,20-21H,4-15H2,1-3H3/b17-16+. The fraction of sp³-hybridized carbons (Fsp3) is 0.708. The van der Waals surface area contributed by atoms with Crippen LogP contribution in [0.25, 0.3) is 0 Å². The van der Waals surface area contributed by atoms with Gasteiger partial charge in [0.15, 0.2) is 0 Å². The topological polar surface area (TPSA) is 36.0 Å². The predicted octanol–water partition coefficient (Wildman–Crippen LogP) is 5.10. The van der Waals surface area contributed by atoms with E-state index in [1.54, 1.807) is 0 Å². The minimum absolute atomic E-state index is 0.157. The summed E-state index contributed by atoms with van der Waals surface area (Å²) in [5.74, 6) is 0. The van der Waals surface area contributed by atoms with Crippen LogP contribution in [0.3, 0.4) is 0 Å². The van der Waals surface area contributed by atoms with Crippen molar-refractivity contribution in [2.24, 2.45) is 5.41 Å². The first-order valence-corrected chi connectivity index (χ1v) is 11.9. The van der Waals surface area contributed by atoms with Crippen LogP contribution >= 0.6 is 11.6 Å². The fourth-order valence-corrected chi connectivity index (χ4v) is 5.93. The molecule has 3 fully saturated rings. The van der Waals surface area contributed by atoms with Gasteiger partial charge in [0.05, 0.1) is 6.61 Å². The number of ether oxygens (including phenoxy) is 1. The molecule has 2 saturated heterocycles. The van der Waals surface area contributed by atoms with E-state index in [9.17, 15) is 4.79 Å². The second-order valence-corrected chi connectivity index (χ2v) is 9.91. The highest BCUT2D eigenvalue weighted by atomic mass is 35.5. The van der Waals surface area contributed by atoms with Crippen LogP contribution in [0.4, 0.5) is 4.79 Å². The van der Waals surface area contributed by atoms with E-state index in [0.29, 0.717) is 18.7 Å². The smallest absolute Gasteiger partial charge is 0.409 e. The number of carbonyl (C=O) groups is 1. The van der Waals surface area contributed by atoms with Crippen molar-refractivity contribution in [1.82, 2.24) is 14.7 Å². The first-order chi connectivity index (χ1) is 14.4. The predicted molar refractivity (Wildman–Crippen MR) is 121 cm³/mol. The van der Waals surface area contributed by atoms with Gasteiger partial charge in [-0.25, -0.2) is 4.79 Å². The summed E-state index contributed by atoms with van der Waals surface area (Å²) in [6, 6.07) is 1.12. The zero-order chi connectivity index (χ0) is 21.5. The molecule has 0 atom stereocenters. The normalized spacial score (nSPS) is 26.1. The number of rotatable bonds is 4. The largest absolute Gasteiger partial charge is 0.450 e. The molecule has 166 valence electrons. The number of hydrogen-bond acceptors (Lipinski definition) is 4. The molecule has 6 heteroatoms. The van der Waals surface area contributed by atoms with Gasteiger partial charge in [0, 0.05) is 60.1 Å². The molecule has 0 aromatic carbocycles. The molecule has 0 unspecified atom stereocenters. The Morgan fingerprint density at radius 2 is 1.77 bits per heavy atom. The van der Waals surface area contributed by atoms with Crippen molar-refractivity contribution in [2.45, 2.75) is 71.4 Å². The average Bonchev–Trinajstić information content (AvgIpc) is 3.51. The Labute approximate surface area is 186 Å². The van der Waals surface area contributed by atoms with E-state index in [-0.39, 0.29) is 11.5 Å². The lowest BCUT2D eigenvalue weighted by Gasteiger charge is -2.44. The number of likely N-dealkylation sites (tertiary alicyclic amines) is 2. The summed E-state index contributed by atoms with van der Waals surface area (Å²) >= 11 is 6.25. The molecule has 3 aliphatic heterocycles. The Kier molecular flexibility index (Phi) is 6.23. The molecule has 4 aliphatic rings. The van der Waals surface area contributed by atoms with E-state index in [0.717, 1.165) is 44.1 Å². The van der Waals surface area contributed by atoms with Crippen LogP contribution in [0.5, 0.6) is 0 Å². The van der Waals surface area contributed by atoms with E-state index < -0.39 is 0 Å². The molecule has 0 aromatic rings. The Morgan fingerprint density at radius 1 is 1.17 bits per heavy atom. The summed E-state index contributed by atoms with van der Waals surface area (Å²) in [4.78, 5) is 19.0. The van der Waals surface area contributed by atoms with Crippen LogP contribution in [0.15, 0.2) is 34.7 Å². The van der Waals surface area contributed by atoms with Crippen molar-refractivity contribution in [3.05, 3.63) is 34.7 Å². The van der Waals surface area contributed by atoms with Gasteiger partial charge in [-0.1, -0.05) is 18.2 Å². The Morgan fingerprint density at radius 3 is 2.30 bits per heavy atom. The summed E-state index contributed by atoms with van der Waals surface area (Å²) in [5.41, 5.74) is 4.22. The number of nitrogens with zero attached hydrogens (tertiary/aromatic N) is 3. The molecule has 3 heterocycles. The van der Waals surface area contributed by atoms with Gasteiger partial charge in [-0.05, 0) is 70.9 Å². The van der Waals surface area contributed by atoms with Crippen molar-refractivity contribution < 1.29 is 9.53 Å². The molecule has 30 heavy (non-hydrogen) atoms. The zero-order valence-corrected chi connectivity index (χ0v) is 19.5. The van der Waals surface area contributed by atoms with E-state index in [1.165, 1.54) is 42.7 Å². The van der Waals surface area contributed by atoms with E-state index in [2.05, 4.69) is 29.4 Å². The third-order valence-electron chi connectivity index (χ3n) is 7.57. The monoisotopic (exact) mass is 433 g/mol. The number of piperidine rings is 2. The molecular weight excluding hydrogens is 398 g/mol. The highest BCUT2D eigenvalue weighted by molar-refractivity contribution is 6.29. The third-order valence-corrected chi connectivity index (χ3v) is 7.68. The molecule has 1 spiro atoms. The van der Waals surface area contributed by atoms with Gasteiger partial charge in [-0.2, -0.15) is 0 Å². The lowest BCUT2D eigenvalue weighted by molar-refractivity contribution is 0.0576. The van der Waals surface area contributed by atoms with Crippen molar-refractivity contribution in [3.63, 3.8) is 0 Å². The van der Waals surface area contributed by atoms with Crippen LogP contribution in [-0.2, 0) is 4.74 Å². The molecule has 0 N–H and O–H groups in total. The molecule has 0 bridgehead atoms. The second-order valence-electron chi connectivity index (χ2n) is 9.31. The molecule has 0 aromatic heterocycles. The van der Waals surface area contributed by atoms with Crippen molar-refractivity contribution in [1.29, 1.82) is 0 Å². The van der Waals surface area contributed by atoms with Gasteiger partial charge >= 0.3 is 6.09 Å². The third kappa shape index (κ3) is 3.91. The van der Waals surface area contributed by atoms with E-state index in [1.807, 2.05) is 18.7 Å². The number of carbonyl (C=O) groups excluding carboxylic acids is 1. The van der Waals surface area contributed by atoms with Crippen LogP contribution in [0.1, 0.15) is 59.3 Å². The van der Waals surface area contributed by atoms with Gasteiger partial charge in [0.25, 0.3) is 0 Å². The molecular formula is C24H36ClN3O2. The molecule has 1 saturated carbocycles. The first-order valence-electron chi connectivity index (χ1n) is 11.6. The molecule has 1 amide bonds. The van der Waals surface area contributed by atoms with Gasteiger partial charge < -0.3 is 19.4 Å². The zero-order valence-electron chi connectivity index (χ0n) is 18.8. The molecule has 0 radical (unpaired) electrons. The van der Waals surface area contributed by atoms with Crippen LogP contribution in [0.2, 0.25) is 0 Å². The van der Waals surface area contributed by atoms with Crippen LogP contribution in [0, 0.1) is 5.41 Å². The maximum absolute atomic E-state index is 11.9. The van der Waals surface area contributed by atoms with Gasteiger partial charge in [-0.3, -0.25) is 0 Å². The maximum Gasteiger partial charge on any atom is 0.409 e. The first kappa shape index (κ1) is 21.8. The average molecular weight is 434 g/mol. The Balaban J connectivity index is 1.34. The van der Waals surface area contributed by atoms with Crippen molar-refractivity contribution in [2.75, 3.05) is 32.8 Å². The number of hydrogen-bond donors (Lipinski definition) is 0. The number of halogens is 1. The molecule has 4 rings (SSSR count). The summed E-state index contributed by atoms with van der Waals surface area (Å²) in [5, 5.41) is 0.856. The Bertz CT molecular complexity index is 750. The summed E-state index contributed by atoms with van der Waals surface area (Å²) in [6.45, 7) is 14.9. The van der Waals surface area contributed by atoms with E-state index >= 15 is 0 Å². The maximum atomic E-state index is 11.9. The quantitative estimate of drug-likeness (QED) is 0.618. The lowest BCUT2D eigenvalue weighted by atomic mass is 9.94. The lowest BCUT2D eigenvalue weighted by Crippen LogP contribution is -2.51. The SMILES string of the molecule is C=C1N(C2CCN(C3CCN(C(=O)OCC)CC3)CC2)C(C)=C(/C=C(\C)Cl)C12CC2. The molecule has 1 aliphatic carbocycles. The molecule has 5 nitrogen and oxygen atoms in total. The summed E-state index contributed by atoms with van der Waals surface area (Å²) in [7, 11) is 0. The van der Waals surface area contributed by atoms with Gasteiger partial charge in [0.1, 0.15) is 0 Å². The second kappa shape index (κ2) is 8.58.